The smallest absolute Gasteiger partial charge is 0.236 e. The maximum absolute atomic E-state index is 12.6. The molecular formula is C18H25IN4O3S. The zero-order valence-electron chi connectivity index (χ0n) is 15.2. The van der Waals surface area contributed by atoms with Gasteiger partial charge in [0.2, 0.25) is 10.0 Å². The summed E-state index contributed by atoms with van der Waals surface area (Å²) in [7, 11) is -1.70. The monoisotopic (exact) mass is 504 g/mol. The van der Waals surface area contributed by atoms with E-state index in [1.165, 1.54) is 4.31 Å². The molecule has 1 aromatic carbocycles. The highest BCUT2D eigenvalue weighted by molar-refractivity contribution is 14.0. The van der Waals surface area contributed by atoms with Crippen LogP contribution in [0.3, 0.4) is 0 Å². The number of rotatable bonds is 7. The van der Waals surface area contributed by atoms with E-state index in [2.05, 4.69) is 15.6 Å². The van der Waals surface area contributed by atoms with Crippen LogP contribution in [-0.4, -0.2) is 46.8 Å². The van der Waals surface area contributed by atoms with Crippen LogP contribution in [0.5, 0.6) is 0 Å². The third kappa shape index (κ3) is 5.61. The van der Waals surface area contributed by atoms with Crippen molar-refractivity contribution in [3.63, 3.8) is 0 Å². The van der Waals surface area contributed by atoms with E-state index in [4.69, 9.17) is 4.42 Å². The highest BCUT2D eigenvalue weighted by atomic mass is 127. The van der Waals surface area contributed by atoms with Crippen LogP contribution in [0, 0.1) is 0 Å². The van der Waals surface area contributed by atoms with Crippen LogP contribution >= 0.6 is 24.0 Å². The van der Waals surface area contributed by atoms with Crippen molar-refractivity contribution in [3.8, 4) is 0 Å². The van der Waals surface area contributed by atoms with Gasteiger partial charge in [0.25, 0.3) is 0 Å². The van der Waals surface area contributed by atoms with Crippen molar-refractivity contribution in [1.82, 2.24) is 10.6 Å². The summed E-state index contributed by atoms with van der Waals surface area (Å²) in [5.74, 6) is 1.48. The first-order chi connectivity index (χ1) is 12.6. The number of nitrogens with one attached hydrogen (secondary N) is 2. The molecule has 0 saturated heterocycles. The summed E-state index contributed by atoms with van der Waals surface area (Å²) in [5.41, 5.74) is 1.88. The van der Waals surface area contributed by atoms with Gasteiger partial charge in [-0.1, -0.05) is 18.2 Å². The highest BCUT2D eigenvalue weighted by Crippen LogP contribution is 2.29. The minimum atomic E-state index is -3.36. The first kappa shape index (κ1) is 21.5. The van der Waals surface area contributed by atoms with Gasteiger partial charge in [-0.05, 0) is 30.2 Å². The molecule has 0 fully saturated rings. The van der Waals surface area contributed by atoms with Crippen molar-refractivity contribution in [2.24, 2.45) is 4.99 Å². The molecule has 0 spiro atoms. The maximum atomic E-state index is 12.6. The molecule has 1 aliphatic rings. The molecule has 27 heavy (non-hydrogen) atoms. The molecule has 0 radical (unpaired) electrons. The van der Waals surface area contributed by atoms with Gasteiger partial charge < -0.3 is 15.1 Å². The van der Waals surface area contributed by atoms with Gasteiger partial charge >= 0.3 is 0 Å². The Hall–Kier alpha value is -1.75. The molecule has 2 aromatic rings. The van der Waals surface area contributed by atoms with Crippen molar-refractivity contribution in [3.05, 3.63) is 54.0 Å². The van der Waals surface area contributed by atoms with Gasteiger partial charge in [-0.15, -0.1) is 24.0 Å². The van der Waals surface area contributed by atoms with Crippen molar-refractivity contribution >= 4 is 45.6 Å². The van der Waals surface area contributed by atoms with Crippen molar-refractivity contribution in [1.29, 1.82) is 0 Å². The average molecular weight is 504 g/mol. The number of furan rings is 1. The van der Waals surface area contributed by atoms with E-state index >= 15 is 0 Å². The Morgan fingerprint density at radius 1 is 1.19 bits per heavy atom. The van der Waals surface area contributed by atoms with Crippen LogP contribution < -0.4 is 14.9 Å². The lowest BCUT2D eigenvalue weighted by atomic mass is 10.2. The van der Waals surface area contributed by atoms with Crippen LogP contribution in [0.25, 0.3) is 0 Å². The number of guanidine groups is 1. The van der Waals surface area contributed by atoms with E-state index < -0.39 is 10.0 Å². The fourth-order valence-corrected chi connectivity index (χ4v) is 4.41. The number of benzene rings is 1. The summed E-state index contributed by atoms with van der Waals surface area (Å²) < 4.78 is 32.1. The Bertz CT molecular complexity index is 853. The zero-order valence-corrected chi connectivity index (χ0v) is 18.4. The van der Waals surface area contributed by atoms with Crippen LogP contribution in [0.2, 0.25) is 0 Å². The lowest BCUT2D eigenvalue weighted by molar-refractivity contribution is 0.507. The molecule has 0 amide bonds. The molecule has 0 unspecified atom stereocenters. The maximum Gasteiger partial charge on any atom is 0.236 e. The van der Waals surface area contributed by atoms with E-state index in [-0.39, 0.29) is 29.7 Å². The van der Waals surface area contributed by atoms with Gasteiger partial charge in [-0.3, -0.25) is 9.30 Å². The Morgan fingerprint density at radius 3 is 2.70 bits per heavy atom. The van der Waals surface area contributed by atoms with Crippen LogP contribution in [-0.2, 0) is 22.9 Å². The summed E-state index contributed by atoms with van der Waals surface area (Å²) >= 11 is 0. The number of anilines is 1. The first-order valence-electron chi connectivity index (χ1n) is 8.65. The molecule has 0 atom stereocenters. The lowest BCUT2D eigenvalue weighted by Crippen LogP contribution is -2.42. The summed E-state index contributed by atoms with van der Waals surface area (Å²) in [6.07, 6.45) is 3.14. The zero-order chi connectivity index (χ0) is 18.4. The standard InChI is InChI=1S/C18H24N4O3S.HI/c1-19-18(20-10-8-16-6-4-13-25-16)21-11-14-26(23,24)22-12-9-15-5-2-3-7-17(15)22;/h2-7,13H,8-12,14H2,1H3,(H2,19,20,21);1H. The summed E-state index contributed by atoms with van der Waals surface area (Å²) in [6, 6.07) is 11.4. The van der Waals surface area contributed by atoms with Crippen molar-refractivity contribution < 1.29 is 12.8 Å². The molecule has 0 bridgehead atoms. The third-order valence-electron chi connectivity index (χ3n) is 4.30. The van der Waals surface area contributed by atoms with E-state index in [0.717, 1.165) is 29.9 Å². The normalized spacial score (nSPS) is 13.8. The molecule has 2 heterocycles. The number of fused-ring (bicyclic) bond motifs is 1. The van der Waals surface area contributed by atoms with Gasteiger partial charge in [0.1, 0.15) is 5.76 Å². The minimum absolute atomic E-state index is 0. The van der Waals surface area contributed by atoms with Gasteiger partial charge in [-0.2, -0.15) is 0 Å². The molecule has 1 aliphatic heterocycles. The van der Waals surface area contributed by atoms with Crippen LogP contribution in [0.4, 0.5) is 5.69 Å². The second-order valence-corrected chi connectivity index (χ2v) is 8.03. The topological polar surface area (TPSA) is 86.9 Å². The molecule has 1 aromatic heterocycles. The summed E-state index contributed by atoms with van der Waals surface area (Å²) in [5, 5.41) is 6.21. The summed E-state index contributed by atoms with van der Waals surface area (Å²) in [4.78, 5) is 4.12. The predicted octanol–water partition coefficient (Wildman–Crippen LogP) is 2.00. The predicted molar refractivity (Wildman–Crippen MR) is 118 cm³/mol. The van der Waals surface area contributed by atoms with Crippen LogP contribution in [0.1, 0.15) is 11.3 Å². The Balaban J connectivity index is 0.00000261. The fourth-order valence-electron chi connectivity index (χ4n) is 2.99. The molecule has 0 aliphatic carbocycles. The number of hydrogen-bond donors (Lipinski definition) is 2. The first-order valence-corrected chi connectivity index (χ1v) is 10.3. The number of hydrogen-bond acceptors (Lipinski definition) is 4. The molecule has 148 valence electrons. The Morgan fingerprint density at radius 2 is 1.96 bits per heavy atom. The number of para-hydroxylation sites is 1. The number of sulfonamides is 1. The lowest BCUT2D eigenvalue weighted by Gasteiger charge is -2.20. The van der Waals surface area contributed by atoms with E-state index in [1.54, 1.807) is 13.3 Å². The number of halogens is 1. The van der Waals surface area contributed by atoms with Crippen LogP contribution in [0.15, 0.2) is 52.1 Å². The molecular weight excluding hydrogens is 479 g/mol. The van der Waals surface area contributed by atoms with Crippen molar-refractivity contribution in [2.75, 3.05) is 36.7 Å². The Labute approximate surface area is 177 Å². The van der Waals surface area contributed by atoms with E-state index in [1.807, 2.05) is 36.4 Å². The van der Waals surface area contributed by atoms with E-state index in [9.17, 15) is 8.42 Å². The molecule has 9 heteroatoms. The largest absolute Gasteiger partial charge is 0.469 e. The molecule has 2 N–H and O–H groups in total. The third-order valence-corrected chi connectivity index (χ3v) is 6.07. The quantitative estimate of drug-likeness (QED) is 0.342. The fraction of sp³-hybridized carbons (Fsp3) is 0.389. The number of aliphatic imine (C=N–C) groups is 1. The van der Waals surface area contributed by atoms with Gasteiger partial charge in [-0.25, -0.2) is 8.42 Å². The van der Waals surface area contributed by atoms with Gasteiger partial charge in [0.05, 0.1) is 17.7 Å². The Kier molecular flexibility index (Phi) is 7.96. The SMILES string of the molecule is CN=C(NCCc1ccco1)NCCS(=O)(=O)N1CCc2ccccc21.I. The molecule has 3 rings (SSSR count). The number of nitrogens with zero attached hydrogens (tertiary/aromatic N) is 2. The minimum Gasteiger partial charge on any atom is -0.469 e. The molecule has 7 nitrogen and oxygen atoms in total. The second-order valence-electron chi connectivity index (χ2n) is 6.02. The highest BCUT2D eigenvalue weighted by Gasteiger charge is 2.28. The molecule has 0 saturated carbocycles. The summed E-state index contributed by atoms with van der Waals surface area (Å²) in [6.45, 7) is 1.46. The second kappa shape index (κ2) is 9.98. The average Bonchev–Trinajstić information content (AvgIpc) is 3.30. The van der Waals surface area contributed by atoms with Gasteiger partial charge in [0, 0.05) is 33.1 Å². The van der Waals surface area contributed by atoms with E-state index in [0.29, 0.717) is 25.6 Å². The van der Waals surface area contributed by atoms with Crippen molar-refractivity contribution in [2.45, 2.75) is 12.8 Å². The van der Waals surface area contributed by atoms with Gasteiger partial charge in [0.15, 0.2) is 5.96 Å².